The van der Waals surface area contributed by atoms with Gasteiger partial charge in [-0.05, 0) is 66.1 Å². The van der Waals surface area contributed by atoms with Crippen molar-refractivity contribution in [2.75, 3.05) is 26.8 Å². The lowest BCUT2D eigenvalue weighted by Gasteiger charge is -2.13. The maximum Gasteiger partial charge on any atom is 0.338 e. The fourth-order valence-electron chi connectivity index (χ4n) is 4.74. The van der Waals surface area contributed by atoms with Crippen LogP contribution in [0.15, 0.2) is 60.7 Å². The maximum atomic E-state index is 13.1. The van der Waals surface area contributed by atoms with E-state index in [2.05, 4.69) is 4.74 Å². The minimum atomic E-state index is -0.669. The highest BCUT2D eigenvalue weighted by Gasteiger charge is 2.37. The minimum absolute atomic E-state index is 0.142. The predicted molar refractivity (Wildman–Crippen MR) is 141 cm³/mol. The molecular formula is C30H24N2O8. The number of ether oxygens (including phenoxy) is 2. The van der Waals surface area contributed by atoms with Gasteiger partial charge in [0.15, 0.2) is 0 Å². The molecule has 0 bridgehead atoms. The van der Waals surface area contributed by atoms with Crippen molar-refractivity contribution >= 4 is 35.6 Å². The van der Waals surface area contributed by atoms with Gasteiger partial charge < -0.3 is 9.47 Å². The zero-order chi connectivity index (χ0) is 28.6. The lowest BCUT2D eigenvalue weighted by atomic mass is 9.97. The standard InChI is InChI=1S/C30H24N2O8/c1-3-12-31-25(33)21-10-8-19(15-23(21)27(31)35)20-9-11-22-24(16-20)28(36)32(26(22)34)13-14-40-30(38)18-6-4-17(5-7-18)29(37)39-2/h4-11,15-16H,3,12-14H2,1-2H3. The Morgan fingerprint density at radius 2 is 1.07 bits per heavy atom. The van der Waals surface area contributed by atoms with Gasteiger partial charge in [-0.25, -0.2) is 9.59 Å². The van der Waals surface area contributed by atoms with Gasteiger partial charge in [0.2, 0.25) is 0 Å². The van der Waals surface area contributed by atoms with Crippen LogP contribution in [0.1, 0.15) is 75.5 Å². The van der Waals surface area contributed by atoms with Gasteiger partial charge in [-0.3, -0.25) is 29.0 Å². The topological polar surface area (TPSA) is 127 Å². The number of carbonyl (C=O) groups is 6. The van der Waals surface area contributed by atoms with Gasteiger partial charge in [0.1, 0.15) is 6.61 Å². The van der Waals surface area contributed by atoms with Crippen LogP contribution in [-0.4, -0.2) is 72.2 Å². The highest BCUT2D eigenvalue weighted by atomic mass is 16.5. The first-order valence-electron chi connectivity index (χ1n) is 12.6. The molecule has 3 aromatic carbocycles. The Kier molecular flexibility index (Phi) is 7.00. The number of carbonyl (C=O) groups excluding carboxylic acids is 6. The van der Waals surface area contributed by atoms with Crippen molar-refractivity contribution in [2.45, 2.75) is 13.3 Å². The summed E-state index contributed by atoms with van der Waals surface area (Å²) in [7, 11) is 1.25. The second-order valence-electron chi connectivity index (χ2n) is 9.25. The summed E-state index contributed by atoms with van der Waals surface area (Å²) in [4.78, 5) is 77.4. The number of methoxy groups -OCH3 is 1. The molecule has 0 N–H and O–H groups in total. The first kappa shape index (κ1) is 26.5. The van der Waals surface area contributed by atoms with E-state index in [1.807, 2.05) is 6.92 Å². The molecule has 0 saturated heterocycles. The lowest BCUT2D eigenvalue weighted by molar-refractivity contribution is 0.0420. The molecule has 0 aromatic heterocycles. The van der Waals surface area contributed by atoms with Crippen LogP contribution in [0.25, 0.3) is 11.1 Å². The minimum Gasteiger partial charge on any atom is -0.465 e. The molecule has 10 heteroatoms. The van der Waals surface area contributed by atoms with Gasteiger partial charge in [-0.1, -0.05) is 19.1 Å². The van der Waals surface area contributed by atoms with Crippen molar-refractivity contribution in [2.24, 2.45) is 0 Å². The monoisotopic (exact) mass is 540 g/mol. The van der Waals surface area contributed by atoms with Crippen LogP contribution in [0.2, 0.25) is 0 Å². The Hall–Kier alpha value is -5.12. The third kappa shape index (κ3) is 4.53. The molecule has 10 nitrogen and oxygen atoms in total. The zero-order valence-corrected chi connectivity index (χ0v) is 21.8. The van der Waals surface area contributed by atoms with Crippen molar-refractivity contribution in [3.05, 3.63) is 94.0 Å². The molecule has 0 spiro atoms. The Bertz CT molecular complexity index is 1590. The Morgan fingerprint density at radius 1 is 0.625 bits per heavy atom. The summed E-state index contributed by atoms with van der Waals surface area (Å²) in [6.07, 6.45) is 0.652. The molecule has 0 atom stereocenters. The first-order valence-corrected chi connectivity index (χ1v) is 12.6. The van der Waals surface area contributed by atoms with E-state index < -0.39 is 23.8 Å². The molecule has 0 saturated carbocycles. The molecule has 0 aliphatic carbocycles. The average molecular weight is 541 g/mol. The van der Waals surface area contributed by atoms with Gasteiger partial charge in [-0.2, -0.15) is 0 Å². The van der Waals surface area contributed by atoms with Gasteiger partial charge >= 0.3 is 11.9 Å². The summed E-state index contributed by atoms with van der Waals surface area (Å²) in [5.74, 6) is -2.91. The molecule has 4 amide bonds. The van der Waals surface area contributed by atoms with Crippen LogP contribution in [0.5, 0.6) is 0 Å². The molecule has 0 radical (unpaired) electrons. The van der Waals surface area contributed by atoms with Crippen LogP contribution in [0.3, 0.4) is 0 Å². The molecule has 202 valence electrons. The Labute approximate surface area is 229 Å². The highest BCUT2D eigenvalue weighted by molar-refractivity contribution is 6.23. The molecular weight excluding hydrogens is 516 g/mol. The normalized spacial score (nSPS) is 13.9. The van der Waals surface area contributed by atoms with E-state index in [1.54, 1.807) is 36.4 Å². The average Bonchev–Trinajstić information content (AvgIpc) is 3.36. The van der Waals surface area contributed by atoms with Gasteiger partial charge in [0, 0.05) is 6.54 Å². The Balaban J connectivity index is 1.27. The Morgan fingerprint density at radius 3 is 1.55 bits per heavy atom. The number of imide groups is 2. The molecule has 40 heavy (non-hydrogen) atoms. The number of fused-ring (bicyclic) bond motifs is 2. The summed E-state index contributed by atoms with van der Waals surface area (Å²) in [5.41, 5.74) is 2.79. The first-order chi connectivity index (χ1) is 19.2. The summed E-state index contributed by atoms with van der Waals surface area (Å²) in [6.45, 7) is 1.86. The summed E-state index contributed by atoms with van der Waals surface area (Å²) in [5, 5.41) is 0. The number of hydrogen-bond acceptors (Lipinski definition) is 8. The third-order valence-corrected chi connectivity index (χ3v) is 6.81. The number of rotatable bonds is 8. The fraction of sp³-hybridized carbons (Fsp3) is 0.200. The number of hydrogen-bond donors (Lipinski definition) is 0. The SMILES string of the molecule is CCCN1C(=O)c2ccc(-c3ccc4c(c3)C(=O)N(CCOC(=O)c3ccc(C(=O)OC)cc3)C4=O)cc2C1=O. The highest BCUT2D eigenvalue weighted by Crippen LogP contribution is 2.32. The number of amides is 4. The van der Waals surface area contributed by atoms with Crippen molar-refractivity contribution < 1.29 is 38.2 Å². The summed E-state index contributed by atoms with van der Waals surface area (Å²) < 4.78 is 9.85. The van der Waals surface area contributed by atoms with Crippen LogP contribution < -0.4 is 0 Å². The summed E-state index contributed by atoms with van der Waals surface area (Å²) in [6, 6.07) is 15.4. The van der Waals surface area contributed by atoms with Crippen molar-refractivity contribution in [3.8, 4) is 11.1 Å². The van der Waals surface area contributed by atoms with Crippen molar-refractivity contribution in [1.82, 2.24) is 9.80 Å². The largest absolute Gasteiger partial charge is 0.465 e. The molecule has 0 fully saturated rings. The predicted octanol–water partition coefficient (Wildman–Crippen LogP) is 3.60. The number of nitrogens with zero attached hydrogens (tertiary/aromatic N) is 2. The van der Waals surface area contributed by atoms with Gasteiger partial charge in [0.25, 0.3) is 23.6 Å². The van der Waals surface area contributed by atoms with E-state index in [0.29, 0.717) is 35.2 Å². The second-order valence-corrected chi connectivity index (χ2v) is 9.25. The molecule has 2 heterocycles. The van der Waals surface area contributed by atoms with Crippen LogP contribution in [-0.2, 0) is 9.47 Å². The zero-order valence-electron chi connectivity index (χ0n) is 21.8. The number of esters is 2. The van der Waals surface area contributed by atoms with Crippen LogP contribution in [0, 0.1) is 0 Å². The molecule has 2 aliphatic heterocycles. The molecule has 0 unspecified atom stereocenters. The fourth-order valence-corrected chi connectivity index (χ4v) is 4.74. The van der Waals surface area contributed by atoms with E-state index in [9.17, 15) is 28.8 Å². The number of benzene rings is 3. The van der Waals surface area contributed by atoms with Crippen molar-refractivity contribution in [1.29, 1.82) is 0 Å². The molecule has 2 aliphatic rings. The maximum absolute atomic E-state index is 13.1. The van der Waals surface area contributed by atoms with E-state index >= 15 is 0 Å². The smallest absolute Gasteiger partial charge is 0.338 e. The van der Waals surface area contributed by atoms with E-state index in [1.165, 1.54) is 36.3 Å². The van der Waals surface area contributed by atoms with E-state index in [-0.39, 0.29) is 47.2 Å². The van der Waals surface area contributed by atoms with E-state index in [0.717, 1.165) is 4.90 Å². The van der Waals surface area contributed by atoms with Crippen molar-refractivity contribution in [3.63, 3.8) is 0 Å². The van der Waals surface area contributed by atoms with Gasteiger partial charge in [-0.15, -0.1) is 0 Å². The van der Waals surface area contributed by atoms with E-state index in [4.69, 9.17) is 4.74 Å². The third-order valence-electron chi connectivity index (χ3n) is 6.81. The molecule has 3 aromatic rings. The van der Waals surface area contributed by atoms with Gasteiger partial charge in [0.05, 0.1) is 47.0 Å². The van der Waals surface area contributed by atoms with Crippen LogP contribution in [0.4, 0.5) is 0 Å². The lowest BCUT2D eigenvalue weighted by Crippen LogP contribution is -2.33. The molecule has 5 rings (SSSR count). The van der Waals surface area contributed by atoms with Crippen LogP contribution >= 0.6 is 0 Å². The quantitative estimate of drug-likeness (QED) is 0.313. The summed E-state index contributed by atoms with van der Waals surface area (Å²) >= 11 is 0. The second kappa shape index (κ2) is 10.6.